The zero-order chi connectivity index (χ0) is 12.8. The highest BCUT2D eigenvalue weighted by molar-refractivity contribution is 7.84. The van der Waals surface area contributed by atoms with Crippen LogP contribution in [0.5, 0.6) is 0 Å². The summed E-state index contributed by atoms with van der Waals surface area (Å²) in [6.07, 6.45) is 1.65. The number of hydrogen-bond acceptors (Lipinski definition) is 2. The Morgan fingerprint density at radius 3 is 2.35 bits per heavy atom. The lowest BCUT2D eigenvalue weighted by atomic mass is 10.1. The number of hydrogen-bond donors (Lipinski definition) is 1. The molecule has 0 aromatic heterocycles. The molecular formula is C13H19NO2S. The molecule has 0 heterocycles. The molecule has 94 valence electrons. The van der Waals surface area contributed by atoms with E-state index in [9.17, 15) is 9.00 Å². The van der Waals surface area contributed by atoms with Gasteiger partial charge in [0.15, 0.2) is 0 Å². The lowest BCUT2D eigenvalue weighted by molar-refractivity contribution is -0.124. The van der Waals surface area contributed by atoms with Crippen molar-refractivity contribution in [1.82, 2.24) is 5.32 Å². The molecule has 0 radical (unpaired) electrons. The second-order valence-electron chi connectivity index (χ2n) is 4.37. The van der Waals surface area contributed by atoms with Gasteiger partial charge in [0, 0.05) is 28.7 Å². The predicted molar refractivity (Wildman–Crippen MR) is 71.1 cm³/mol. The second-order valence-corrected chi connectivity index (χ2v) is 5.85. The summed E-state index contributed by atoms with van der Waals surface area (Å²) in [4.78, 5) is 11.7. The molecule has 3 nitrogen and oxygen atoms in total. The van der Waals surface area contributed by atoms with Gasteiger partial charge >= 0.3 is 0 Å². The highest BCUT2D eigenvalue weighted by atomic mass is 32.2. The van der Waals surface area contributed by atoms with Crippen molar-refractivity contribution < 1.29 is 9.00 Å². The fourth-order valence-electron chi connectivity index (χ4n) is 1.48. The van der Waals surface area contributed by atoms with Crippen LogP contribution in [0.15, 0.2) is 30.3 Å². The Hall–Kier alpha value is -1.16. The number of carbonyl (C=O) groups is 1. The topological polar surface area (TPSA) is 46.2 Å². The van der Waals surface area contributed by atoms with Crippen molar-refractivity contribution in [3.05, 3.63) is 35.9 Å². The van der Waals surface area contributed by atoms with Gasteiger partial charge in [-0.15, -0.1) is 0 Å². The van der Waals surface area contributed by atoms with Gasteiger partial charge in [-0.2, -0.15) is 0 Å². The molecule has 17 heavy (non-hydrogen) atoms. The third kappa shape index (κ3) is 4.69. The van der Waals surface area contributed by atoms with E-state index in [0.717, 1.165) is 5.56 Å². The molecule has 1 N–H and O–H groups in total. The standard InChI is InChI=1S/C13H19NO2S/c1-10(2)13(15)14-12(9-17(3)16)11-7-5-4-6-8-11/h4-8,10,12H,9H2,1-3H3,(H,14,15)/t12-,17+/m1/s1. The highest BCUT2D eigenvalue weighted by Crippen LogP contribution is 2.14. The maximum absolute atomic E-state index is 11.7. The van der Waals surface area contributed by atoms with Crippen LogP contribution in [0.2, 0.25) is 0 Å². The fraction of sp³-hybridized carbons (Fsp3) is 0.462. The van der Waals surface area contributed by atoms with Crippen molar-refractivity contribution in [2.45, 2.75) is 19.9 Å². The molecule has 0 aliphatic heterocycles. The first-order chi connectivity index (χ1) is 8.00. The van der Waals surface area contributed by atoms with Crippen LogP contribution in [-0.2, 0) is 15.6 Å². The Bertz CT molecular complexity index is 390. The molecule has 1 rings (SSSR count). The van der Waals surface area contributed by atoms with Crippen molar-refractivity contribution in [1.29, 1.82) is 0 Å². The van der Waals surface area contributed by atoms with E-state index in [1.165, 1.54) is 0 Å². The minimum atomic E-state index is -0.941. The molecular weight excluding hydrogens is 234 g/mol. The zero-order valence-electron chi connectivity index (χ0n) is 10.5. The minimum absolute atomic E-state index is 0.00990. The van der Waals surface area contributed by atoms with Crippen LogP contribution >= 0.6 is 0 Å². The summed E-state index contributed by atoms with van der Waals surface area (Å²) in [6, 6.07) is 9.48. The molecule has 0 bridgehead atoms. The first kappa shape index (κ1) is 13.9. The molecule has 0 spiro atoms. The quantitative estimate of drug-likeness (QED) is 0.871. The first-order valence-corrected chi connectivity index (χ1v) is 7.38. The lowest BCUT2D eigenvalue weighted by Gasteiger charge is -2.19. The summed E-state index contributed by atoms with van der Waals surface area (Å²) in [7, 11) is -0.941. The largest absolute Gasteiger partial charge is 0.348 e. The number of benzene rings is 1. The van der Waals surface area contributed by atoms with Gasteiger partial charge in [-0.05, 0) is 5.56 Å². The molecule has 2 atom stereocenters. The Morgan fingerprint density at radius 1 is 1.29 bits per heavy atom. The van der Waals surface area contributed by atoms with Crippen molar-refractivity contribution in [2.24, 2.45) is 5.92 Å². The molecule has 0 saturated heterocycles. The van der Waals surface area contributed by atoms with E-state index in [1.54, 1.807) is 6.26 Å². The third-order valence-corrected chi connectivity index (χ3v) is 3.25. The van der Waals surface area contributed by atoms with Gasteiger partial charge in [-0.25, -0.2) is 0 Å². The molecule has 0 saturated carbocycles. The van der Waals surface area contributed by atoms with Crippen molar-refractivity contribution in [3.8, 4) is 0 Å². The number of amides is 1. The normalized spacial score (nSPS) is 14.4. The lowest BCUT2D eigenvalue weighted by Crippen LogP contribution is -2.34. The Kier molecular flexibility index (Phi) is 5.35. The summed E-state index contributed by atoms with van der Waals surface area (Å²) >= 11 is 0. The van der Waals surface area contributed by atoms with Gasteiger partial charge in [-0.1, -0.05) is 44.2 Å². The predicted octanol–water partition coefficient (Wildman–Crippen LogP) is 1.88. The van der Waals surface area contributed by atoms with Gasteiger partial charge in [-0.3, -0.25) is 9.00 Å². The van der Waals surface area contributed by atoms with E-state index >= 15 is 0 Å². The average molecular weight is 253 g/mol. The monoisotopic (exact) mass is 253 g/mol. The number of carbonyl (C=O) groups excluding carboxylic acids is 1. The van der Waals surface area contributed by atoms with Crippen LogP contribution in [0.25, 0.3) is 0 Å². The summed E-state index contributed by atoms with van der Waals surface area (Å²) in [5.41, 5.74) is 0.997. The van der Waals surface area contributed by atoms with Crippen molar-refractivity contribution in [2.75, 3.05) is 12.0 Å². The number of rotatable bonds is 5. The van der Waals surface area contributed by atoms with E-state index in [1.807, 2.05) is 44.2 Å². The molecule has 0 aliphatic carbocycles. The van der Waals surface area contributed by atoms with Crippen molar-refractivity contribution >= 4 is 16.7 Å². The van der Waals surface area contributed by atoms with E-state index in [-0.39, 0.29) is 17.9 Å². The SMILES string of the molecule is CC(C)C(=O)N[C@H](C[S@](C)=O)c1ccccc1. The van der Waals surface area contributed by atoms with Crippen LogP contribution in [0.1, 0.15) is 25.5 Å². The highest BCUT2D eigenvalue weighted by Gasteiger charge is 2.17. The maximum Gasteiger partial charge on any atom is 0.223 e. The summed E-state index contributed by atoms with van der Waals surface area (Å²) in [5, 5.41) is 2.93. The summed E-state index contributed by atoms with van der Waals surface area (Å²) in [6.45, 7) is 3.70. The molecule has 0 fully saturated rings. The first-order valence-electron chi connectivity index (χ1n) is 5.66. The van der Waals surface area contributed by atoms with Gasteiger partial charge in [0.1, 0.15) is 0 Å². The van der Waals surface area contributed by atoms with Gasteiger partial charge in [0.25, 0.3) is 0 Å². The van der Waals surface area contributed by atoms with Crippen LogP contribution in [0, 0.1) is 5.92 Å². The van der Waals surface area contributed by atoms with Gasteiger partial charge < -0.3 is 5.32 Å². The smallest absolute Gasteiger partial charge is 0.223 e. The molecule has 1 aromatic rings. The van der Waals surface area contributed by atoms with E-state index < -0.39 is 10.8 Å². The zero-order valence-corrected chi connectivity index (χ0v) is 11.3. The molecule has 1 aromatic carbocycles. The van der Waals surface area contributed by atoms with E-state index in [4.69, 9.17) is 0 Å². The summed E-state index contributed by atoms with van der Waals surface area (Å²) < 4.78 is 11.3. The van der Waals surface area contributed by atoms with Crippen LogP contribution < -0.4 is 5.32 Å². The fourth-order valence-corrected chi connectivity index (χ4v) is 2.22. The average Bonchev–Trinajstić information content (AvgIpc) is 2.28. The molecule has 0 unspecified atom stereocenters. The Labute approximate surface area is 105 Å². The minimum Gasteiger partial charge on any atom is -0.348 e. The maximum atomic E-state index is 11.7. The Balaban J connectivity index is 2.81. The van der Waals surface area contributed by atoms with E-state index in [0.29, 0.717) is 5.75 Å². The number of nitrogens with one attached hydrogen (secondary N) is 1. The molecule has 0 aliphatic rings. The molecule has 4 heteroatoms. The van der Waals surface area contributed by atoms with Crippen molar-refractivity contribution in [3.63, 3.8) is 0 Å². The van der Waals surface area contributed by atoms with E-state index in [2.05, 4.69) is 5.32 Å². The van der Waals surface area contributed by atoms with Crippen LogP contribution in [0.3, 0.4) is 0 Å². The van der Waals surface area contributed by atoms with Gasteiger partial charge in [0.05, 0.1) is 6.04 Å². The Morgan fingerprint density at radius 2 is 1.88 bits per heavy atom. The van der Waals surface area contributed by atoms with Crippen LogP contribution in [0.4, 0.5) is 0 Å². The van der Waals surface area contributed by atoms with Gasteiger partial charge in [0.2, 0.25) is 5.91 Å². The van der Waals surface area contributed by atoms with Crippen LogP contribution in [-0.4, -0.2) is 22.1 Å². The second kappa shape index (κ2) is 6.55. The third-order valence-electron chi connectivity index (χ3n) is 2.44. The molecule has 1 amide bonds. The summed E-state index contributed by atoms with van der Waals surface area (Å²) in [5.74, 6) is 0.374.